The molecule has 5 nitrogen and oxygen atoms in total. The minimum atomic E-state index is -0.0662. The van der Waals surface area contributed by atoms with Gasteiger partial charge >= 0.3 is 0 Å². The summed E-state index contributed by atoms with van der Waals surface area (Å²) in [7, 11) is 0. The summed E-state index contributed by atoms with van der Waals surface area (Å²) in [5, 5.41) is 0.904. The second-order valence-corrected chi connectivity index (χ2v) is 4.99. The van der Waals surface area contributed by atoms with Crippen molar-refractivity contribution in [3.63, 3.8) is 0 Å². The first-order valence-corrected chi connectivity index (χ1v) is 6.75. The number of ether oxygens (including phenoxy) is 1. The van der Waals surface area contributed by atoms with Crippen molar-refractivity contribution >= 4 is 11.0 Å². The van der Waals surface area contributed by atoms with Gasteiger partial charge in [-0.15, -0.1) is 0 Å². The predicted molar refractivity (Wildman–Crippen MR) is 80.7 cm³/mol. The monoisotopic (exact) mass is 281 g/mol. The van der Waals surface area contributed by atoms with Crippen LogP contribution >= 0.6 is 0 Å². The van der Waals surface area contributed by atoms with E-state index in [4.69, 9.17) is 4.74 Å². The second kappa shape index (κ2) is 5.36. The van der Waals surface area contributed by atoms with Crippen molar-refractivity contribution in [1.82, 2.24) is 14.5 Å². The molecule has 21 heavy (non-hydrogen) atoms. The third kappa shape index (κ3) is 2.63. The second-order valence-electron chi connectivity index (χ2n) is 4.99. The Morgan fingerprint density at radius 3 is 2.67 bits per heavy atom. The van der Waals surface area contributed by atoms with E-state index in [9.17, 15) is 4.79 Å². The Labute approximate surface area is 121 Å². The van der Waals surface area contributed by atoms with Crippen LogP contribution in [-0.4, -0.2) is 14.5 Å². The third-order valence-corrected chi connectivity index (χ3v) is 3.12. The van der Waals surface area contributed by atoms with Gasteiger partial charge in [-0.1, -0.05) is 0 Å². The molecule has 0 amide bonds. The van der Waals surface area contributed by atoms with Gasteiger partial charge in [0, 0.05) is 29.8 Å². The molecule has 5 heteroatoms. The zero-order chi connectivity index (χ0) is 14.8. The summed E-state index contributed by atoms with van der Waals surface area (Å²) in [6.07, 6.45) is 3.30. The van der Waals surface area contributed by atoms with E-state index in [2.05, 4.69) is 9.97 Å². The number of hydrogen-bond donors (Lipinski definition) is 0. The maximum atomic E-state index is 12.0. The van der Waals surface area contributed by atoms with Crippen LogP contribution in [-0.2, 0) is 0 Å². The third-order valence-electron chi connectivity index (χ3n) is 3.12. The van der Waals surface area contributed by atoms with Crippen LogP contribution in [0.5, 0.6) is 11.6 Å². The van der Waals surface area contributed by atoms with Crippen LogP contribution in [0.3, 0.4) is 0 Å². The highest BCUT2D eigenvalue weighted by Crippen LogP contribution is 2.22. The summed E-state index contributed by atoms with van der Waals surface area (Å²) in [5.41, 5.74) is 0.558. The van der Waals surface area contributed by atoms with Gasteiger partial charge in [-0.25, -0.2) is 0 Å². The fraction of sp³-hybridized carbons (Fsp3) is 0.188. The molecule has 0 aromatic carbocycles. The van der Waals surface area contributed by atoms with Gasteiger partial charge in [0.05, 0.1) is 6.20 Å². The molecule has 3 heterocycles. The van der Waals surface area contributed by atoms with Crippen LogP contribution in [0.25, 0.3) is 11.0 Å². The lowest BCUT2D eigenvalue weighted by molar-refractivity contribution is 0.460. The molecule has 0 N–H and O–H groups in total. The zero-order valence-electron chi connectivity index (χ0n) is 11.9. The van der Waals surface area contributed by atoms with Crippen molar-refractivity contribution in [2.24, 2.45) is 0 Å². The number of nitrogens with zero attached hydrogens (tertiary/aromatic N) is 3. The molecule has 106 valence electrons. The molecule has 0 aliphatic heterocycles. The lowest BCUT2D eigenvalue weighted by atomic mass is 10.2. The molecule has 0 aliphatic carbocycles. The Kier molecular flexibility index (Phi) is 3.39. The van der Waals surface area contributed by atoms with Gasteiger partial charge in [0.15, 0.2) is 0 Å². The minimum absolute atomic E-state index is 0.0299. The molecule has 3 aromatic heterocycles. The van der Waals surface area contributed by atoms with Crippen molar-refractivity contribution in [3.8, 4) is 11.6 Å². The van der Waals surface area contributed by atoms with Crippen molar-refractivity contribution in [3.05, 3.63) is 59.1 Å². The highest BCUT2D eigenvalue weighted by atomic mass is 16.5. The Balaban J connectivity index is 2.10. The van der Waals surface area contributed by atoms with E-state index in [1.807, 2.05) is 19.9 Å². The van der Waals surface area contributed by atoms with E-state index in [0.29, 0.717) is 17.3 Å². The van der Waals surface area contributed by atoms with Gasteiger partial charge in [0.25, 0.3) is 5.56 Å². The van der Waals surface area contributed by atoms with Gasteiger partial charge < -0.3 is 4.74 Å². The molecule has 0 bridgehead atoms. The number of rotatable bonds is 3. The summed E-state index contributed by atoms with van der Waals surface area (Å²) in [5.74, 6) is 1.05. The SMILES string of the molecule is CC(C)n1c(=O)ccc2ccc(Oc3cccnc3)nc21. The average molecular weight is 281 g/mol. The fourth-order valence-electron chi connectivity index (χ4n) is 2.19. The van der Waals surface area contributed by atoms with Gasteiger partial charge in [-0.05, 0) is 38.1 Å². The van der Waals surface area contributed by atoms with Crippen LogP contribution in [0.1, 0.15) is 19.9 Å². The van der Waals surface area contributed by atoms with Crippen LogP contribution in [0.15, 0.2) is 53.6 Å². The number of pyridine rings is 3. The van der Waals surface area contributed by atoms with E-state index in [1.165, 1.54) is 0 Å². The average Bonchev–Trinajstić information content (AvgIpc) is 2.47. The van der Waals surface area contributed by atoms with E-state index >= 15 is 0 Å². The maximum Gasteiger partial charge on any atom is 0.252 e. The van der Waals surface area contributed by atoms with Crippen LogP contribution < -0.4 is 10.3 Å². The van der Waals surface area contributed by atoms with Crippen molar-refractivity contribution in [2.45, 2.75) is 19.9 Å². The Hall–Kier alpha value is -2.69. The van der Waals surface area contributed by atoms with Crippen molar-refractivity contribution < 1.29 is 4.74 Å². The van der Waals surface area contributed by atoms with Gasteiger partial charge in [-0.3, -0.25) is 14.3 Å². The Morgan fingerprint density at radius 1 is 1.14 bits per heavy atom. The first-order chi connectivity index (χ1) is 10.1. The number of fused-ring (bicyclic) bond motifs is 1. The number of aromatic nitrogens is 3. The summed E-state index contributed by atoms with van der Waals surface area (Å²) in [4.78, 5) is 20.5. The van der Waals surface area contributed by atoms with E-state index in [-0.39, 0.29) is 11.6 Å². The molecular formula is C16H15N3O2. The zero-order valence-corrected chi connectivity index (χ0v) is 11.9. The molecular weight excluding hydrogens is 266 g/mol. The molecule has 0 saturated heterocycles. The molecule has 3 aromatic rings. The van der Waals surface area contributed by atoms with Crippen molar-refractivity contribution in [2.75, 3.05) is 0 Å². The standard InChI is InChI=1S/C16H15N3O2/c1-11(2)19-15(20)8-6-12-5-7-14(18-16(12)19)21-13-4-3-9-17-10-13/h3-11H,1-2H3. The summed E-state index contributed by atoms with van der Waals surface area (Å²) >= 11 is 0. The first kappa shape index (κ1) is 13.3. The molecule has 0 aliphatic rings. The molecule has 0 spiro atoms. The smallest absolute Gasteiger partial charge is 0.252 e. The highest BCUT2D eigenvalue weighted by molar-refractivity contribution is 5.75. The molecule has 0 unspecified atom stereocenters. The van der Waals surface area contributed by atoms with E-state index < -0.39 is 0 Å². The summed E-state index contributed by atoms with van der Waals surface area (Å²) in [6, 6.07) is 10.6. The largest absolute Gasteiger partial charge is 0.437 e. The van der Waals surface area contributed by atoms with E-state index in [0.717, 1.165) is 5.39 Å². The van der Waals surface area contributed by atoms with Crippen molar-refractivity contribution in [1.29, 1.82) is 0 Å². The molecule has 0 atom stereocenters. The topological polar surface area (TPSA) is 57.0 Å². The predicted octanol–water partition coefficient (Wildman–Crippen LogP) is 3.16. The van der Waals surface area contributed by atoms with Crippen LogP contribution in [0.2, 0.25) is 0 Å². The lowest BCUT2D eigenvalue weighted by Crippen LogP contribution is -2.21. The highest BCUT2D eigenvalue weighted by Gasteiger charge is 2.09. The van der Waals surface area contributed by atoms with Crippen LogP contribution in [0.4, 0.5) is 0 Å². The fourth-order valence-corrected chi connectivity index (χ4v) is 2.19. The van der Waals surface area contributed by atoms with Crippen LogP contribution in [0, 0.1) is 0 Å². The summed E-state index contributed by atoms with van der Waals surface area (Å²) < 4.78 is 7.33. The molecule has 0 fully saturated rings. The minimum Gasteiger partial charge on any atom is -0.437 e. The molecule has 3 rings (SSSR count). The first-order valence-electron chi connectivity index (χ1n) is 6.75. The maximum absolute atomic E-state index is 12.0. The normalized spacial score (nSPS) is 11.0. The van der Waals surface area contributed by atoms with E-state index in [1.54, 1.807) is 47.3 Å². The quantitative estimate of drug-likeness (QED) is 0.740. The lowest BCUT2D eigenvalue weighted by Gasteiger charge is -2.13. The van der Waals surface area contributed by atoms with Gasteiger partial charge in [-0.2, -0.15) is 4.98 Å². The Morgan fingerprint density at radius 2 is 1.95 bits per heavy atom. The molecule has 0 radical (unpaired) electrons. The molecule has 0 saturated carbocycles. The van der Waals surface area contributed by atoms with Gasteiger partial charge in [0.2, 0.25) is 5.88 Å². The summed E-state index contributed by atoms with van der Waals surface area (Å²) in [6.45, 7) is 3.91. The number of hydrogen-bond acceptors (Lipinski definition) is 4. The van der Waals surface area contributed by atoms with Gasteiger partial charge in [0.1, 0.15) is 11.4 Å². The Bertz CT molecular complexity index is 826.